The third kappa shape index (κ3) is 1.28. The number of aliphatic hydroxyl groups excluding tert-OH is 1. The molecule has 1 heterocycles. The van der Waals surface area contributed by atoms with Crippen LogP contribution in [0.15, 0.2) is 0 Å². The van der Waals surface area contributed by atoms with Crippen molar-refractivity contribution < 1.29 is 9.90 Å². The average molecular weight is 129 g/mol. The number of ketones is 1. The van der Waals surface area contributed by atoms with Crippen LogP contribution < -0.4 is 0 Å². The minimum Gasteiger partial charge on any atom is -0.371 e. The quantitative estimate of drug-likeness (QED) is 0.551. The van der Waals surface area contributed by atoms with Gasteiger partial charge in [-0.05, 0) is 13.3 Å². The molecule has 1 N–H and O–H groups in total. The van der Waals surface area contributed by atoms with Gasteiger partial charge in [-0.1, -0.05) is 0 Å². The van der Waals surface area contributed by atoms with Gasteiger partial charge in [-0.25, -0.2) is 0 Å². The van der Waals surface area contributed by atoms with Crippen LogP contribution in [0.5, 0.6) is 0 Å². The maximum absolute atomic E-state index is 10.5. The lowest BCUT2D eigenvalue weighted by molar-refractivity contribution is -0.138. The van der Waals surface area contributed by atoms with Crippen molar-refractivity contribution in [1.82, 2.24) is 4.90 Å². The SMILES string of the molecule is CC(=O)C(O)N1CCC1. The summed E-state index contributed by atoms with van der Waals surface area (Å²) in [6.45, 7) is 3.13. The van der Waals surface area contributed by atoms with Gasteiger partial charge in [0, 0.05) is 13.1 Å². The van der Waals surface area contributed by atoms with Crippen LogP contribution in [0.2, 0.25) is 0 Å². The Balaban J connectivity index is 2.32. The number of hydrogen-bond acceptors (Lipinski definition) is 3. The van der Waals surface area contributed by atoms with Crippen molar-refractivity contribution in [3.8, 4) is 0 Å². The van der Waals surface area contributed by atoms with E-state index in [0.29, 0.717) is 0 Å². The van der Waals surface area contributed by atoms with Gasteiger partial charge in [0.2, 0.25) is 0 Å². The van der Waals surface area contributed by atoms with Crippen molar-refractivity contribution in [3.05, 3.63) is 0 Å². The zero-order chi connectivity index (χ0) is 6.85. The largest absolute Gasteiger partial charge is 0.371 e. The Labute approximate surface area is 54.3 Å². The molecule has 52 valence electrons. The van der Waals surface area contributed by atoms with Crippen molar-refractivity contribution in [2.24, 2.45) is 0 Å². The molecule has 0 aliphatic carbocycles. The zero-order valence-electron chi connectivity index (χ0n) is 5.50. The van der Waals surface area contributed by atoms with E-state index in [1.54, 1.807) is 4.90 Å². The Kier molecular flexibility index (Phi) is 1.83. The predicted octanol–water partition coefficient (Wildman–Crippen LogP) is -0.401. The van der Waals surface area contributed by atoms with Crippen molar-refractivity contribution in [2.45, 2.75) is 19.6 Å². The molecule has 1 atom stereocenters. The maximum atomic E-state index is 10.5. The molecule has 0 radical (unpaired) electrons. The number of likely N-dealkylation sites (tertiary alicyclic amines) is 1. The van der Waals surface area contributed by atoms with E-state index in [4.69, 9.17) is 5.11 Å². The van der Waals surface area contributed by atoms with E-state index in [-0.39, 0.29) is 5.78 Å². The highest BCUT2D eigenvalue weighted by atomic mass is 16.3. The van der Waals surface area contributed by atoms with Gasteiger partial charge in [-0.15, -0.1) is 0 Å². The van der Waals surface area contributed by atoms with E-state index in [1.807, 2.05) is 0 Å². The lowest BCUT2D eigenvalue weighted by Gasteiger charge is -2.33. The topological polar surface area (TPSA) is 40.5 Å². The van der Waals surface area contributed by atoms with Gasteiger partial charge in [0.15, 0.2) is 12.0 Å². The Bertz CT molecular complexity index is 120. The van der Waals surface area contributed by atoms with E-state index in [2.05, 4.69) is 0 Å². The predicted molar refractivity (Wildman–Crippen MR) is 32.9 cm³/mol. The zero-order valence-corrected chi connectivity index (χ0v) is 5.50. The molecular formula is C6H11NO2. The Morgan fingerprint density at radius 3 is 2.33 bits per heavy atom. The molecule has 1 saturated heterocycles. The lowest BCUT2D eigenvalue weighted by atomic mass is 10.2. The number of rotatable bonds is 2. The molecule has 0 spiro atoms. The normalized spacial score (nSPS) is 22.9. The highest BCUT2D eigenvalue weighted by Crippen LogP contribution is 2.09. The third-order valence-electron chi connectivity index (χ3n) is 1.60. The summed E-state index contributed by atoms with van der Waals surface area (Å²) >= 11 is 0. The van der Waals surface area contributed by atoms with Crippen LogP contribution in [0.3, 0.4) is 0 Å². The Hall–Kier alpha value is -0.410. The first kappa shape index (κ1) is 6.71. The second-order valence-electron chi connectivity index (χ2n) is 2.37. The number of hydrogen-bond donors (Lipinski definition) is 1. The van der Waals surface area contributed by atoms with Crippen LogP contribution in [0.1, 0.15) is 13.3 Å². The lowest BCUT2D eigenvalue weighted by Crippen LogP contribution is -2.48. The second-order valence-corrected chi connectivity index (χ2v) is 2.37. The molecule has 1 rings (SSSR count). The van der Waals surface area contributed by atoms with Crippen molar-refractivity contribution in [3.63, 3.8) is 0 Å². The fraction of sp³-hybridized carbons (Fsp3) is 0.833. The summed E-state index contributed by atoms with van der Waals surface area (Å²) in [5.41, 5.74) is 0. The maximum Gasteiger partial charge on any atom is 0.173 e. The molecule has 0 aromatic rings. The van der Waals surface area contributed by atoms with Crippen molar-refractivity contribution >= 4 is 5.78 Å². The number of aliphatic hydroxyl groups is 1. The van der Waals surface area contributed by atoms with Gasteiger partial charge in [-0.3, -0.25) is 9.69 Å². The smallest absolute Gasteiger partial charge is 0.173 e. The van der Waals surface area contributed by atoms with E-state index in [1.165, 1.54) is 6.92 Å². The standard InChI is InChI=1S/C6H11NO2/c1-5(8)6(9)7-3-2-4-7/h6,9H,2-4H2,1H3. The molecule has 0 saturated carbocycles. The highest BCUT2D eigenvalue weighted by molar-refractivity contribution is 5.79. The molecule has 0 bridgehead atoms. The molecule has 0 amide bonds. The highest BCUT2D eigenvalue weighted by Gasteiger charge is 2.24. The first-order valence-corrected chi connectivity index (χ1v) is 3.14. The Morgan fingerprint density at radius 2 is 2.22 bits per heavy atom. The van der Waals surface area contributed by atoms with Crippen molar-refractivity contribution in [1.29, 1.82) is 0 Å². The first-order valence-electron chi connectivity index (χ1n) is 3.14. The molecular weight excluding hydrogens is 118 g/mol. The summed E-state index contributed by atoms with van der Waals surface area (Å²) in [6, 6.07) is 0. The number of nitrogens with zero attached hydrogens (tertiary/aromatic N) is 1. The third-order valence-corrected chi connectivity index (χ3v) is 1.60. The van der Waals surface area contributed by atoms with Gasteiger partial charge >= 0.3 is 0 Å². The Morgan fingerprint density at radius 1 is 1.67 bits per heavy atom. The molecule has 0 aromatic heterocycles. The van der Waals surface area contributed by atoms with E-state index >= 15 is 0 Å². The molecule has 1 aliphatic heterocycles. The summed E-state index contributed by atoms with van der Waals surface area (Å²) in [5, 5.41) is 9.02. The van der Waals surface area contributed by atoms with Gasteiger partial charge in [0.25, 0.3) is 0 Å². The summed E-state index contributed by atoms with van der Waals surface area (Å²) in [4.78, 5) is 12.2. The van der Waals surface area contributed by atoms with Crippen molar-refractivity contribution in [2.75, 3.05) is 13.1 Å². The fourth-order valence-electron chi connectivity index (χ4n) is 0.842. The van der Waals surface area contributed by atoms with Crippen LogP contribution in [-0.2, 0) is 4.79 Å². The second kappa shape index (κ2) is 2.45. The first-order chi connectivity index (χ1) is 4.22. The summed E-state index contributed by atoms with van der Waals surface area (Å²) in [7, 11) is 0. The fourth-order valence-corrected chi connectivity index (χ4v) is 0.842. The van der Waals surface area contributed by atoms with E-state index in [9.17, 15) is 4.79 Å². The van der Waals surface area contributed by atoms with Crippen LogP contribution in [0.4, 0.5) is 0 Å². The minimum absolute atomic E-state index is 0.158. The summed E-state index contributed by atoms with van der Waals surface area (Å²) in [5.74, 6) is -0.158. The molecule has 1 aliphatic rings. The van der Waals surface area contributed by atoms with Gasteiger partial charge in [-0.2, -0.15) is 0 Å². The minimum atomic E-state index is -0.834. The summed E-state index contributed by atoms with van der Waals surface area (Å²) in [6.07, 6.45) is 0.267. The van der Waals surface area contributed by atoms with Gasteiger partial charge in [0.1, 0.15) is 0 Å². The average Bonchev–Trinajstić information content (AvgIpc) is 1.60. The van der Waals surface area contributed by atoms with Gasteiger partial charge in [0.05, 0.1) is 0 Å². The van der Waals surface area contributed by atoms with E-state index < -0.39 is 6.23 Å². The molecule has 9 heavy (non-hydrogen) atoms. The van der Waals surface area contributed by atoms with Crippen LogP contribution in [-0.4, -0.2) is 35.1 Å². The van der Waals surface area contributed by atoms with Crippen LogP contribution >= 0.6 is 0 Å². The molecule has 1 fully saturated rings. The molecule has 3 nitrogen and oxygen atoms in total. The number of Topliss-reactive ketones (excluding diaryl/α,β-unsaturated/α-hetero) is 1. The molecule has 3 heteroatoms. The number of carbonyl (C=O) groups is 1. The van der Waals surface area contributed by atoms with Crippen LogP contribution in [0.25, 0.3) is 0 Å². The molecule has 1 unspecified atom stereocenters. The van der Waals surface area contributed by atoms with Crippen LogP contribution in [0, 0.1) is 0 Å². The summed E-state index contributed by atoms with van der Waals surface area (Å²) < 4.78 is 0. The van der Waals surface area contributed by atoms with E-state index in [0.717, 1.165) is 19.5 Å². The number of carbonyl (C=O) groups excluding carboxylic acids is 1. The van der Waals surface area contributed by atoms with Gasteiger partial charge < -0.3 is 5.11 Å². The molecule has 0 aromatic carbocycles. The monoisotopic (exact) mass is 129 g/mol.